The zero-order valence-electron chi connectivity index (χ0n) is 10.6. The van der Waals surface area contributed by atoms with Gasteiger partial charge in [0.15, 0.2) is 0 Å². The summed E-state index contributed by atoms with van der Waals surface area (Å²) in [6.45, 7) is 4.70. The maximum Gasteiger partial charge on any atom is 0.308 e. The highest BCUT2D eigenvalue weighted by Gasteiger charge is 2.39. The van der Waals surface area contributed by atoms with Gasteiger partial charge in [-0.3, -0.25) is 9.59 Å². The molecule has 1 heterocycles. The van der Waals surface area contributed by atoms with Crippen LogP contribution in [0.2, 0.25) is 0 Å². The molecule has 2 atom stereocenters. The van der Waals surface area contributed by atoms with E-state index in [-0.39, 0.29) is 12.5 Å². The van der Waals surface area contributed by atoms with Crippen molar-refractivity contribution < 1.29 is 14.7 Å². The zero-order valence-corrected chi connectivity index (χ0v) is 10.6. The van der Waals surface area contributed by atoms with Gasteiger partial charge in [0.2, 0.25) is 5.91 Å². The third-order valence-electron chi connectivity index (χ3n) is 3.35. The molecule has 3 N–H and O–H groups in total. The number of hydrogen-bond donors (Lipinski definition) is 3. The minimum atomic E-state index is -0.880. The Kier molecular flexibility index (Phi) is 4.93. The minimum absolute atomic E-state index is 0.0510. The lowest BCUT2D eigenvalue weighted by Gasteiger charge is -2.28. The third-order valence-corrected chi connectivity index (χ3v) is 3.35. The summed E-state index contributed by atoms with van der Waals surface area (Å²) in [5.41, 5.74) is -0.465. The van der Waals surface area contributed by atoms with Crippen molar-refractivity contribution in [1.29, 1.82) is 0 Å². The number of aliphatic carboxylic acids is 1. The van der Waals surface area contributed by atoms with Crippen LogP contribution in [-0.4, -0.2) is 35.6 Å². The van der Waals surface area contributed by atoms with E-state index in [0.717, 1.165) is 32.2 Å². The SMILES string of the molecule is CCCC1(C(=O)NCC(C)C(=O)O)CCCN1. The van der Waals surface area contributed by atoms with Gasteiger partial charge in [-0.25, -0.2) is 0 Å². The van der Waals surface area contributed by atoms with E-state index in [9.17, 15) is 9.59 Å². The van der Waals surface area contributed by atoms with Crippen LogP contribution in [0.4, 0.5) is 0 Å². The number of nitrogens with one attached hydrogen (secondary N) is 2. The summed E-state index contributed by atoms with van der Waals surface area (Å²) >= 11 is 0. The first kappa shape index (κ1) is 14.0. The standard InChI is InChI=1S/C12H22N2O3/c1-3-5-12(6-4-7-14-12)11(17)13-8-9(2)10(15)16/h9,14H,3-8H2,1-2H3,(H,13,17)(H,15,16). The quantitative estimate of drug-likeness (QED) is 0.642. The lowest BCUT2D eigenvalue weighted by atomic mass is 9.90. The molecule has 0 aromatic rings. The maximum atomic E-state index is 12.1. The molecule has 0 spiro atoms. The molecular formula is C12H22N2O3. The van der Waals surface area contributed by atoms with E-state index in [1.807, 2.05) is 0 Å². The molecule has 0 saturated carbocycles. The van der Waals surface area contributed by atoms with Gasteiger partial charge >= 0.3 is 5.97 Å². The van der Waals surface area contributed by atoms with Crippen LogP contribution in [0.5, 0.6) is 0 Å². The summed E-state index contributed by atoms with van der Waals surface area (Å²) in [7, 11) is 0. The number of amides is 1. The number of hydrogen-bond acceptors (Lipinski definition) is 3. The Labute approximate surface area is 102 Å². The van der Waals surface area contributed by atoms with Crippen LogP contribution in [0, 0.1) is 5.92 Å². The Morgan fingerprint density at radius 2 is 2.24 bits per heavy atom. The van der Waals surface area contributed by atoms with Crippen molar-refractivity contribution in [1.82, 2.24) is 10.6 Å². The molecule has 98 valence electrons. The van der Waals surface area contributed by atoms with Crippen molar-refractivity contribution >= 4 is 11.9 Å². The molecule has 5 nitrogen and oxygen atoms in total. The third kappa shape index (κ3) is 3.43. The molecule has 5 heteroatoms. The van der Waals surface area contributed by atoms with Gasteiger partial charge in [0, 0.05) is 6.54 Å². The predicted molar refractivity (Wildman–Crippen MR) is 64.7 cm³/mol. The highest BCUT2D eigenvalue weighted by molar-refractivity contribution is 5.87. The monoisotopic (exact) mass is 242 g/mol. The number of carbonyl (C=O) groups excluding carboxylic acids is 1. The van der Waals surface area contributed by atoms with Gasteiger partial charge in [-0.1, -0.05) is 20.3 Å². The van der Waals surface area contributed by atoms with Crippen LogP contribution >= 0.6 is 0 Å². The fourth-order valence-corrected chi connectivity index (χ4v) is 2.26. The van der Waals surface area contributed by atoms with E-state index in [0.29, 0.717) is 0 Å². The van der Waals surface area contributed by atoms with Crippen LogP contribution in [0.3, 0.4) is 0 Å². The lowest BCUT2D eigenvalue weighted by molar-refractivity contribution is -0.141. The van der Waals surface area contributed by atoms with Crippen molar-refractivity contribution in [3.05, 3.63) is 0 Å². The Balaban J connectivity index is 2.52. The normalized spacial score (nSPS) is 25.5. The number of carboxylic acid groups (broad SMARTS) is 1. The molecule has 17 heavy (non-hydrogen) atoms. The Hall–Kier alpha value is -1.10. The number of carboxylic acids is 1. The Morgan fingerprint density at radius 3 is 2.71 bits per heavy atom. The molecule has 1 rings (SSSR count). The van der Waals surface area contributed by atoms with Crippen molar-refractivity contribution in [3.8, 4) is 0 Å². The number of carbonyl (C=O) groups is 2. The smallest absolute Gasteiger partial charge is 0.308 e. The van der Waals surface area contributed by atoms with E-state index in [2.05, 4.69) is 17.6 Å². The van der Waals surface area contributed by atoms with E-state index in [1.54, 1.807) is 6.92 Å². The number of rotatable bonds is 6. The van der Waals surface area contributed by atoms with Crippen LogP contribution < -0.4 is 10.6 Å². The molecule has 0 aromatic carbocycles. The summed E-state index contributed by atoms with van der Waals surface area (Å²) in [5.74, 6) is -1.47. The van der Waals surface area contributed by atoms with E-state index in [1.165, 1.54) is 0 Å². The van der Waals surface area contributed by atoms with Crippen molar-refractivity contribution in [2.45, 2.75) is 45.1 Å². The van der Waals surface area contributed by atoms with E-state index in [4.69, 9.17) is 5.11 Å². The summed E-state index contributed by atoms with van der Waals surface area (Å²) in [4.78, 5) is 22.8. The average molecular weight is 242 g/mol. The van der Waals surface area contributed by atoms with Gasteiger partial charge in [0.1, 0.15) is 0 Å². The fraction of sp³-hybridized carbons (Fsp3) is 0.833. The topological polar surface area (TPSA) is 78.4 Å². The second-order valence-electron chi connectivity index (χ2n) is 4.81. The largest absolute Gasteiger partial charge is 0.481 e. The summed E-state index contributed by atoms with van der Waals surface area (Å²) in [6, 6.07) is 0. The predicted octanol–water partition coefficient (Wildman–Crippen LogP) is 0.746. The molecule has 0 aliphatic carbocycles. The molecule has 1 amide bonds. The van der Waals surface area contributed by atoms with E-state index >= 15 is 0 Å². The Morgan fingerprint density at radius 1 is 1.53 bits per heavy atom. The second kappa shape index (κ2) is 6.00. The Bertz CT molecular complexity index is 285. The van der Waals surface area contributed by atoms with Crippen LogP contribution in [0.25, 0.3) is 0 Å². The molecule has 1 saturated heterocycles. The van der Waals surface area contributed by atoms with Crippen LogP contribution in [0.1, 0.15) is 39.5 Å². The molecule has 0 aromatic heterocycles. The zero-order chi connectivity index (χ0) is 12.9. The van der Waals surface area contributed by atoms with E-state index < -0.39 is 17.4 Å². The fourth-order valence-electron chi connectivity index (χ4n) is 2.26. The second-order valence-corrected chi connectivity index (χ2v) is 4.81. The average Bonchev–Trinajstić information content (AvgIpc) is 2.75. The molecular weight excluding hydrogens is 220 g/mol. The highest BCUT2D eigenvalue weighted by atomic mass is 16.4. The first-order chi connectivity index (χ1) is 8.02. The first-order valence-corrected chi connectivity index (χ1v) is 6.28. The van der Waals surface area contributed by atoms with Gasteiger partial charge in [-0.2, -0.15) is 0 Å². The maximum absolute atomic E-state index is 12.1. The highest BCUT2D eigenvalue weighted by Crippen LogP contribution is 2.24. The molecule has 0 bridgehead atoms. The molecule has 0 radical (unpaired) electrons. The van der Waals surface area contributed by atoms with Crippen LogP contribution in [0.15, 0.2) is 0 Å². The molecule has 2 unspecified atom stereocenters. The first-order valence-electron chi connectivity index (χ1n) is 6.28. The lowest BCUT2D eigenvalue weighted by Crippen LogP contribution is -2.54. The summed E-state index contributed by atoms with van der Waals surface area (Å²) in [6.07, 6.45) is 3.59. The van der Waals surface area contributed by atoms with Gasteiger partial charge in [-0.05, 0) is 25.8 Å². The summed E-state index contributed by atoms with van der Waals surface area (Å²) in [5, 5.41) is 14.8. The van der Waals surface area contributed by atoms with Crippen LogP contribution in [-0.2, 0) is 9.59 Å². The molecule has 1 aliphatic heterocycles. The van der Waals surface area contributed by atoms with Gasteiger partial charge < -0.3 is 15.7 Å². The van der Waals surface area contributed by atoms with Gasteiger partial charge in [0.25, 0.3) is 0 Å². The van der Waals surface area contributed by atoms with Gasteiger partial charge in [0.05, 0.1) is 11.5 Å². The van der Waals surface area contributed by atoms with Crippen molar-refractivity contribution in [2.24, 2.45) is 5.92 Å². The van der Waals surface area contributed by atoms with Gasteiger partial charge in [-0.15, -0.1) is 0 Å². The molecule has 1 aliphatic rings. The molecule has 1 fully saturated rings. The van der Waals surface area contributed by atoms with Crippen molar-refractivity contribution in [3.63, 3.8) is 0 Å². The summed E-state index contributed by atoms with van der Waals surface area (Å²) < 4.78 is 0. The van der Waals surface area contributed by atoms with Crippen molar-refractivity contribution in [2.75, 3.05) is 13.1 Å². The minimum Gasteiger partial charge on any atom is -0.481 e.